The van der Waals surface area contributed by atoms with Crippen molar-refractivity contribution in [2.45, 2.75) is 90.8 Å². The molecule has 4 saturated heterocycles. The first-order valence-electron chi connectivity index (χ1n) is 14.1. The number of aliphatic hydroxyl groups is 1. The predicted molar refractivity (Wildman–Crippen MR) is 159 cm³/mol. The van der Waals surface area contributed by atoms with Crippen molar-refractivity contribution in [3.05, 3.63) is 0 Å². The first-order valence-corrected chi connectivity index (χ1v) is 29.3. The third-order valence-corrected chi connectivity index (χ3v) is 38.5. The number of hydrogen-bond acceptors (Lipinski definition) is 13. The van der Waals surface area contributed by atoms with Crippen molar-refractivity contribution in [3.8, 4) is 0 Å². The molecule has 230 valence electrons. The Labute approximate surface area is 244 Å². The van der Waals surface area contributed by atoms with Crippen LogP contribution in [-0.4, -0.2) is 104 Å². The van der Waals surface area contributed by atoms with Crippen LogP contribution in [0.25, 0.3) is 0 Å². The van der Waals surface area contributed by atoms with E-state index in [2.05, 4.69) is 11.3 Å². The van der Waals surface area contributed by atoms with Gasteiger partial charge in [-0.2, -0.15) is 0 Å². The summed E-state index contributed by atoms with van der Waals surface area (Å²) >= 11 is 0. The standard InChI is InChI=1S/C15H40O12Si8.C3H8O/c1-7-30-17-15-29(6)20-32(9-3)23-31(8-2)18-28-19-35(22-30,14-12-13-16)27-34(11-5,24-31)26-33(10-4,21-30)25-32;1-3-4-2/h16,29H,7-15,28H2,1-6H3;3H2,1-2H3. The lowest BCUT2D eigenvalue weighted by atomic mass is 10.5. The van der Waals surface area contributed by atoms with E-state index in [1.54, 1.807) is 7.11 Å². The lowest BCUT2D eigenvalue weighted by Gasteiger charge is -2.55. The summed E-state index contributed by atoms with van der Waals surface area (Å²) in [5.74, 6) is 0. The van der Waals surface area contributed by atoms with Crippen LogP contribution in [0.15, 0.2) is 0 Å². The summed E-state index contributed by atoms with van der Waals surface area (Å²) in [6.07, 6.45) is 0.833. The SMILES string of the molecule is CCOC.CC[Si]12OC[SiH](C)O[Si]3(CC)O[Si]4(CC)O[SiH2]O[Si](CCCO)(O1)O[Si](CC)(O4)O[Si](CC)(O2)O3. The summed E-state index contributed by atoms with van der Waals surface area (Å²) in [5, 5.41) is 9.68. The quantitative estimate of drug-likeness (QED) is 0.353. The highest BCUT2D eigenvalue weighted by Crippen LogP contribution is 2.46. The van der Waals surface area contributed by atoms with Crippen LogP contribution in [0, 0.1) is 0 Å². The van der Waals surface area contributed by atoms with Gasteiger partial charge in [-0.3, -0.25) is 0 Å². The van der Waals surface area contributed by atoms with Crippen LogP contribution < -0.4 is 0 Å². The maximum absolute atomic E-state index is 9.68. The van der Waals surface area contributed by atoms with E-state index in [-0.39, 0.29) is 6.61 Å². The molecule has 39 heavy (non-hydrogen) atoms. The molecule has 21 heteroatoms. The molecular formula is C18H48O13Si8. The third-order valence-electron chi connectivity index (χ3n) is 6.75. The van der Waals surface area contributed by atoms with E-state index in [9.17, 15) is 5.11 Å². The van der Waals surface area contributed by atoms with Gasteiger partial charge in [-0.1, -0.05) is 34.6 Å². The molecule has 0 amide bonds. The first-order chi connectivity index (χ1) is 18.5. The van der Waals surface area contributed by atoms with E-state index in [0.29, 0.717) is 48.9 Å². The Morgan fingerprint density at radius 3 is 1.67 bits per heavy atom. The predicted octanol–water partition coefficient (Wildman–Crippen LogP) is 1.88. The minimum absolute atomic E-state index is 0.0199. The molecule has 0 saturated carbocycles. The number of rotatable bonds is 9. The van der Waals surface area contributed by atoms with Gasteiger partial charge in [-0.15, -0.1) is 0 Å². The smallest absolute Gasteiger partial charge is 0.417 e. The number of methoxy groups -OCH3 is 1. The van der Waals surface area contributed by atoms with Gasteiger partial charge < -0.3 is 55.4 Å². The van der Waals surface area contributed by atoms with Gasteiger partial charge in [0.2, 0.25) is 0 Å². The van der Waals surface area contributed by atoms with Crippen LogP contribution in [0.5, 0.6) is 0 Å². The van der Waals surface area contributed by atoms with Gasteiger partial charge in [0.25, 0.3) is 10.0 Å². The van der Waals surface area contributed by atoms with Crippen molar-refractivity contribution in [2.75, 3.05) is 26.6 Å². The van der Waals surface area contributed by atoms with E-state index in [4.69, 9.17) is 45.6 Å². The average molecular weight is 697 g/mol. The molecule has 0 aromatic carbocycles. The lowest BCUT2D eigenvalue weighted by molar-refractivity contribution is 0.0256. The van der Waals surface area contributed by atoms with Gasteiger partial charge >= 0.3 is 52.8 Å². The van der Waals surface area contributed by atoms with Crippen LogP contribution in [0.1, 0.15) is 48.0 Å². The van der Waals surface area contributed by atoms with Crippen molar-refractivity contribution >= 4 is 71.9 Å². The maximum Gasteiger partial charge on any atom is 0.485 e. The van der Waals surface area contributed by atoms with Gasteiger partial charge in [-0.05, 0) is 19.9 Å². The topological polar surface area (TPSA) is 131 Å². The monoisotopic (exact) mass is 696 g/mol. The van der Waals surface area contributed by atoms with Crippen molar-refractivity contribution in [1.82, 2.24) is 0 Å². The summed E-state index contributed by atoms with van der Waals surface area (Å²) in [6.45, 7) is 14.8. The van der Waals surface area contributed by atoms with E-state index >= 15 is 0 Å². The van der Waals surface area contributed by atoms with Crippen LogP contribution in [-0.2, 0) is 50.3 Å². The van der Waals surface area contributed by atoms with Gasteiger partial charge in [0, 0.05) is 56.6 Å². The van der Waals surface area contributed by atoms with Crippen molar-refractivity contribution in [3.63, 3.8) is 0 Å². The van der Waals surface area contributed by atoms with E-state index in [1.165, 1.54) is 0 Å². The third kappa shape index (κ3) is 7.84. The van der Waals surface area contributed by atoms with Crippen molar-refractivity contribution in [1.29, 1.82) is 0 Å². The Bertz CT molecular complexity index is 795. The zero-order valence-electron chi connectivity index (χ0n) is 24.7. The molecule has 0 aromatic rings. The van der Waals surface area contributed by atoms with E-state index in [1.807, 2.05) is 41.5 Å². The number of ether oxygens (including phenoxy) is 1. The summed E-state index contributed by atoms with van der Waals surface area (Å²) in [5.41, 5.74) is 0. The summed E-state index contributed by atoms with van der Waals surface area (Å²) in [6, 6.07) is 2.86. The molecule has 4 heterocycles. The Hall–Kier alpha value is 1.22. The number of aliphatic hydroxyl groups excluding tert-OH is 1. The van der Waals surface area contributed by atoms with Gasteiger partial charge in [-0.25, -0.2) is 0 Å². The second kappa shape index (κ2) is 14.3. The Morgan fingerprint density at radius 1 is 0.692 bits per heavy atom. The van der Waals surface area contributed by atoms with E-state index < -0.39 is 71.9 Å². The van der Waals surface area contributed by atoms with Crippen LogP contribution in [0.2, 0.25) is 42.8 Å². The molecule has 4 aliphatic rings. The van der Waals surface area contributed by atoms with Gasteiger partial charge in [0.1, 0.15) is 0 Å². The van der Waals surface area contributed by atoms with Crippen LogP contribution in [0.4, 0.5) is 0 Å². The molecule has 4 fully saturated rings. The zero-order valence-corrected chi connectivity index (χ0v) is 33.3. The Kier molecular flexibility index (Phi) is 12.8. The molecule has 0 spiro atoms. The van der Waals surface area contributed by atoms with Crippen LogP contribution in [0.3, 0.4) is 0 Å². The molecule has 7 unspecified atom stereocenters. The minimum atomic E-state index is -3.53. The fourth-order valence-electron chi connectivity index (χ4n) is 4.51. The molecule has 6 bridgehead atoms. The largest absolute Gasteiger partial charge is 0.485 e. The van der Waals surface area contributed by atoms with Crippen molar-refractivity contribution in [2.24, 2.45) is 0 Å². The fraction of sp³-hybridized carbons (Fsp3) is 1.00. The molecule has 1 N–H and O–H groups in total. The first kappa shape index (κ1) is 34.7. The molecule has 13 nitrogen and oxygen atoms in total. The maximum atomic E-state index is 9.68. The Morgan fingerprint density at radius 2 is 1.13 bits per heavy atom. The van der Waals surface area contributed by atoms with Crippen molar-refractivity contribution < 1.29 is 55.4 Å². The molecular weight excluding hydrogens is 649 g/mol. The average Bonchev–Trinajstić information content (AvgIpc) is 2.97. The minimum Gasteiger partial charge on any atom is -0.417 e. The summed E-state index contributed by atoms with van der Waals surface area (Å²) in [7, 11) is -22.5. The highest BCUT2D eigenvalue weighted by molar-refractivity contribution is 6.97. The molecule has 4 rings (SSSR count). The van der Waals surface area contributed by atoms with E-state index in [0.717, 1.165) is 6.61 Å². The van der Waals surface area contributed by atoms with Gasteiger partial charge in [0.15, 0.2) is 9.04 Å². The molecule has 0 radical (unpaired) electrons. The van der Waals surface area contributed by atoms with Gasteiger partial charge in [0.05, 0.1) is 6.23 Å². The highest BCUT2D eigenvalue weighted by atomic mass is 28.6. The zero-order chi connectivity index (χ0) is 28.8. The summed E-state index contributed by atoms with van der Waals surface area (Å²) in [4.78, 5) is 0. The second-order valence-corrected chi connectivity index (χ2v) is 33.3. The molecule has 0 aromatic heterocycles. The number of fused-ring (bicyclic) bond motifs is 4. The molecule has 4 aliphatic heterocycles. The van der Waals surface area contributed by atoms with Crippen LogP contribution >= 0.6 is 0 Å². The Balaban J connectivity index is 0.000000983. The lowest BCUT2D eigenvalue weighted by Crippen LogP contribution is -2.79. The number of hydrogen-bond donors (Lipinski definition) is 1. The highest BCUT2D eigenvalue weighted by Gasteiger charge is 2.74. The normalized spacial score (nSPS) is 44.7. The summed E-state index contributed by atoms with van der Waals surface area (Å²) < 4.78 is 79.2. The fourth-order valence-corrected chi connectivity index (χ4v) is 45.5. The molecule has 7 atom stereocenters. The molecule has 0 aliphatic carbocycles. The second-order valence-electron chi connectivity index (χ2n) is 9.63.